The maximum Gasteiger partial charge on any atom is 0.248 e. The van der Waals surface area contributed by atoms with Crippen molar-refractivity contribution in [1.82, 2.24) is 0 Å². The molecular formula is C20H26N2O3S. The second-order valence-electron chi connectivity index (χ2n) is 6.56. The van der Waals surface area contributed by atoms with Gasteiger partial charge in [0.25, 0.3) is 0 Å². The minimum absolute atomic E-state index is 0.372. The van der Waals surface area contributed by atoms with E-state index in [0.717, 1.165) is 33.7 Å². The molecule has 0 heterocycles. The van der Waals surface area contributed by atoms with Gasteiger partial charge in [-0.15, -0.1) is 0 Å². The maximum absolute atomic E-state index is 12.7. The van der Waals surface area contributed by atoms with Gasteiger partial charge in [0.2, 0.25) is 15.9 Å². The fourth-order valence-electron chi connectivity index (χ4n) is 2.80. The van der Waals surface area contributed by atoms with Crippen LogP contribution in [0.3, 0.4) is 0 Å². The zero-order valence-electron chi connectivity index (χ0n) is 15.9. The molecule has 0 fully saturated rings. The van der Waals surface area contributed by atoms with Crippen LogP contribution in [-0.2, 0) is 21.2 Å². The van der Waals surface area contributed by atoms with E-state index in [2.05, 4.69) is 5.32 Å². The number of hydrogen-bond donors (Lipinski definition) is 1. The Labute approximate surface area is 156 Å². The van der Waals surface area contributed by atoms with Gasteiger partial charge in [0, 0.05) is 5.69 Å². The van der Waals surface area contributed by atoms with Crippen LogP contribution in [0.25, 0.3) is 0 Å². The summed E-state index contributed by atoms with van der Waals surface area (Å²) in [5.41, 5.74) is 4.22. The highest BCUT2D eigenvalue weighted by molar-refractivity contribution is 7.92. The van der Waals surface area contributed by atoms with Crippen molar-refractivity contribution in [2.24, 2.45) is 0 Å². The van der Waals surface area contributed by atoms with Crippen LogP contribution in [0, 0.1) is 13.8 Å². The number of hydrogen-bond acceptors (Lipinski definition) is 3. The number of nitrogens with zero attached hydrogens (tertiary/aromatic N) is 1. The predicted octanol–water partition coefficient (Wildman–Crippen LogP) is 3.66. The van der Waals surface area contributed by atoms with Crippen molar-refractivity contribution in [1.29, 1.82) is 0 Å². The van der Waals surface area contributed by atoms with Gasteiger partial charge in [-0.2, -0.15) is 0 Å². The molecule has 1 amide bonds. The molecule has 0 saturated carbocycles. The molecule has 0 radical (unpaired) electrons. The number of aryl methyl sites for hydroxylation is 3. The molecule has 2 aromatic carbocycles. The highest BCUT2D eigenvalue weighted by Crippen LogP contribution is 2.23. The number of sulfonamides is 1. The first-order valence-electron chi connectivity index (χ1n) is 8.60. The number of anilines is 2. The average molecular weight is 375 g/mol. The summed E-state index contributed by atoms with van der Waals surface area (Å²) in [5, 5.41) is 2.85. The Bertz CT molecular complexity index is 890. The molecule has 26 heavy (non-hydrogen) atoms. The van der Waals surface area contributed by atoms with E-state index in [1.54, 1.807) is 19.1 Å². The van der Waals surface area contributed by atoms with E-state index in [-0.39, 0.29) is 5.91 Å². The molecule has 0 aliphatic heterocycles. The largest absolute Gasteiger partial charge is 0.324 e. The lowest BCUT2D eigenvalue weighted by Crippen LogP contribution is -2.45. The summed E-state index contributed by atoms with van der Waals surface area (Å²) in [4.78, 5) is 12.7. The second kappa shape index (κ2) is 7.91. The summed E-state index contributed by atoms with van der Waals surface area (Å²) in [6.45, 7) is 7.47. The van der Waals surface area contributed by atoms with Gasteiger partial charge in [0.1, 0.15) is 6.04 Å². The zero-order chi connectivity index (χ0) is 19.5. The quantitative estimate of drug-likeness (QED) is 0.839. The third kappa shape index (κ3) is 4.64. The fraction of sp³-hybridized carbons (Fsp3) is 0.350. The van der Waals surface area contributed by atoms with Gasteiger partial charge in [-0.05, 0) is 62.1 Å². The van der Waals surface area contributed by atoms with Gasteiger partial charge < -0.3 is 5.32 Å². The third-order valence-corrected chi connectivity index (χ3v) is 5.58. The average Bonchev–Trinajstić information content (AvgIpc) is 2.57. The summed E-state index contributed by atoms with van der Waals surface area (Å²) in [5.74, 6) is -0.372. The standard InChI is InChI=1S/C20H26N2O3S/c1-6-17-9-11-18(12-10-17)22(26(5,24)25)16(4)20(23)21-19-13-14(2)7-8-15(19)3/h7-13,16H,6H2,1-5H3,(H,21,23). The van der Waals surface area contributed by atoms with Gasteiger partial charge in [-0.3, -0.25) is 9.10 Å². The van der Waals surface area contributed by atoms with Crippen molar-refractivity contribution in [3.05, 3.63) is 59.2 Å². The molecule has 1 atom stereocenters. The molecule has 0 aliphatic rings. The molecule has 0 bridgehead atoms. The number of amides is 1. The van der Waals surface area contributed by atoms with E-state index in [9.17, 15) is 13.2 Å². The van der Waals surface area contributed by atoms with Crippen LogP contribution >= 0.6 is 0 Å². The number of nitrogens with one attached hydrogen (secondary N) is 1. The lowest BCUT2D eigenvalue weighted by Gasteiger charge is -2.28. The van der Waals surface area contributed by atoms with E-state index in [1.807, 2.05) is 51.1 Å². The summed E-state index contributed by atoms with van der Waals surface area (Å²) in [6, 6.07) is 12.1. The lowest BCUT2D eigenvalue weighted by atomic mass is 10.1. The molecule has 0 saturated heterocycles. The fourth-order valence-corrected chi connectivity index (χ4v) is 3.97. The van der Waals surface area contributed by atoms with E-state index < -0.39 is 16.1 Å². The van der Waals surface area contributed by atoms with Crippen LogP contribution < -0.4 is 9.62 Å². The van der Waals surface area contributed by atoms with Gasteiger partial charge >= 0.3 is 0 Å². The summed E-state index contributed by atoms with van der Waals surface area (Å²) < 4.78 is 25.9. The van der Waals surface area contributed by atoms with Crippen molar-refractivity contribution in [3.8, 4) is 0 Å². The van der Waals surface area contributed by atoms with Gasteiger partial charge in [0.05, 0.1) is 11.9 Å². The summed E-state index contributed by atoms with van der Waals surface area (Å²) in [7, 11) is -3.62. The molecule has 0 spiro atoms. The molecule has 5 nitrogen and oxygen atoms in total. The van der Waals surface area contributed by atoms with Crippen LogP contribution in [0.5, 0.6) is 0 Å². The molecule has 2 aromatic rings. The second-order valence-corrected chi connectivity index (χ2v) is 8.42. The molecular weight excluding hydrogens is 348 g/mol. The van der Waals surface area contributed by atoms with E-state index >= 15 is 0 Å². The number of carbonyl (C=O) groups excluding carboxylic acids is 1. The molecule has 2 rings (SSSR count). The number of rotatable bonds is 6. The van der Waals surface area contributed by atoms with Crippen LogP contribution in [0.4, 0.5) is 11.4 Å². The SMILES string of the molecule is CCc1ccc(N(C(C)C(=O)Nc2cc(C)ccc2C)S(C)(=O)=O)cc1. The first-order valence-corrected chi connectivity index (χ1v) is 10.4. The van der Waals surface area contributed by atoms with E-state index in [1.165, 1.54) is 0 Å². The molecule has 1 unspecified atom stereocenters. The first-order chi connectivity index (χ1) is 12.1. The van der Waals surface area contributed by atoms with Gasteiger partial charge in [0.15, 0.2) is 0 Å². The Morgan fingerprint density at radius 1 is 1.12 bits per heavy atom. The normalized spacial score (nSPS) is 12.5. The number of benzene rings is 2. The molecule has 0 aromatic heterocycles. The molecule has 1 N–H and O–H groups in total. The molecule has 6 heteroatoms. The van der Waals surface area contributed by atoms with Crippen molar-refractivity contribution < 1.29 is 13.2 Å². The molecule has 140 valence electrons. The third-order valence-electron chi connectivity index (χ3n) is 4.34. The topological polar surface area (TPSA) is 66.5 Å². The highest BCUT2D eigenvalue weighted by Gasteiger charge is 2.29. The predicted molar refractivity (Wildman–Crippen MR) is 107 cm³/mol. The maximum atomic E-state index is 12.7. The summed E-state index contributed by atoms with van der Waals surface area (Å²) in [6.07, 6.45) is 1.98. The minimum Gasteiger partial charge on any atom is -0.324 e. The van der Waals surface area contributed by atoms with Gasteiger partial charge in [-0.25, -0.2) is 8.42 Å². The first kappa shape index (κ1) is 20.0. The van der Waals surface area contributed by atoms with Crippen LogP contribution in [-0.4, -0.2) is 26.6 Å². The Morgan fingerprint density at radius 3 is 2.27 bits per heavy atom. The lowest BCUT2D eigenvalue weighted by molar-refractivity contribution is -0.116. The van der Waals surface area contributed by atoms with Gasteiger partial charge in [-0.1, -0.05) is 31.2 Å². The zero-order valence-corrected chi connectivity index (χ0v) is 16.7. The Balaban J connectivity index is 2.32. The number of carbonyl (C=O) groups is 1. The molecule has 0 aliphatic carbocycles. The minimum atomic E-state index is -3.62. The van der Waals surface area contributed by atoms with Crippen molar-refractivity contribution in [2.45, 2.75) is 40.2 Å². The smallest absolute Gasteiger partial charge is 0.248 e. The summed E-state index contributed by atoms with van der Waals surface area (Å²) >= 11 is 0. The van der Waals surface area contributed by atoms with Crippen LogP contribution in [0.2, 0.25) is 0 Å². The monoisotopic (exact) mass is 374 g/mol. The van der Waals surface area contributed by atoms with Crippen molar-refractivity contribution in [2.75, 3.05) is 15.9 Å². The van der Waals surface area contributed by atoms with E-state index in [0.29, 0.717) is 11.4 Å². The van der Waals surface area contributed by atoms with Crippen molar-refractivity contribution >= 4 is 27.3 Å². The van der Waals surface area contributed by atoms with E-state index in [4.69, 9.17) is 0 Å². The Morgan fingerprint density at radius 2 is 1.73 bits per heavy atom. The van der Waals surface area contributed by atoms with Crippen molar-refractivity contribution in [3.63, 3.8) is 0 Å². The van der Waals surface area contributed by atoms with Crippen LogP contribution in [0.1, 0.15) is 30.5 Å². The highest BCUT2D eigenvalue weighted by atomic mass is 32.2. The Kier molecular flexibility index (Phi) is 6.08. The van der Waals surface area contributed by atoms with Crippen LogP contribution in [0.15, 0.2) is 42.5 Å². The Hall–Kier alpha value is -2.34.